The number of hydrogen-bond acceptors (Lipinski definition) is 3. The van der Waals surface area contributed by atoms with Gasteiger partial charge in [0.15, 0.2) is 0 Å². The van der Waals surface area contributed by atoms with E-state index in [1.165, 1.54) is 32.1 Å². The number of halogens is 1. The summed E-state index contributed by atoms with van der Waals surface area (Å²) in [6, 6.07) is 5.78. The number of carbonyl (C=O) groups excluding carboxylic acids is 1. The van der Waals surface area contributed by atoms with Gasteiger partial charge in [0.05, 0.1) is 12.9 Å². The van der Waals surface area contributed by atoms with E-state index in [0.29, 0.717) is 23.2 Å². The average molecular weight is 357 g/mol. The van der Waals surface area contributed by atoms with E-state index in [9.17, 15) is 4.79 Å². The highest BCUT2D eigenvalue weighted by Gasteiger charge is 2.16. The van der Waals surface area contributed by atoms with Gasteiger partial charge in [-0.15, -0.1) is 0 Å². The van der Waals surface area contributed by atoms with Crippen molar-refractivity contribution in [1.29, 1.82) is 0 Å². The molecule has 0 unspecified atom stereocenters. The zero-order valence-corrected chi connectivity index (χ0v) is 14.3. The Labute approximate surface area is 133 Å². The van der Waals surface area contributed by atoms with E-state index in [1.807, 2.05) is 30.0 Å². The monoisotopic (exact) mass is 356 g/mol. The van der Waals surface area contributed by atoms with Gasteiger partial charge in [0.1, 0.15) is 11.5 Å². The summed E-state index contributed by atoms with van der Waals surface area (Å²) in [6.07, 6.45) is 7.06. The maximum atomic E-state index is 12.1. The molecule has 110 valence electrons. The molecule has 0 spiro atoms. The van der Waals surface area contributed by atoms with E-state index in [2.05, 4.69) is 15.9 Å². The van der Waals surface area contributed by atoms with Crippen molar-refractivity contribution in [3.8, 4) is 5.75 Å². The lowest BCUT2D eigenvalue weighted by Gasteiger charge is -2.20. The van der Waals surface area contributed by atoms with E-state index in [4.69, 9.17) is 4.74 Å². The first-order valence-corrected chi connectivity index (χ1v) is 8.99. The third-order valence-corrected chi connectivity index (χ3v) is 5.88. The van der Waals surface area contributed by atoms with Crippen molar-refractivity contribution in [3.05, 3.63) is 28.2 Å². The molecule has 0 aromatic heterocycles. The Morgan fingerprint density at radius 2 is 2.10 bits per heavy atom. The second-order valence-electron chi connectivity index (χ2n) is 5.24. The van der Waals surface area contributed by atoms with Gasteiger partial charge in [-0.2, -0.15) is 11.8 Å². The van der Waals surface area contributed by atoms with Gasteiger partial charge >= 0.3 is 0 Å². The summed E-state index contributed by atoms with van der Waals surface area (Å²) in [5, 5.41) is 0.696. The third-order valence-electron chi connectivity index (χ3n) is 3.67. The third kappa shape index (κ3) is 4.81. The predicted octanol–water partition coefficient (Wildman–Crippen LogP) is 4.64. The van der Waals surface area contributed by atoms with Crippen LogP contribution in [-0.4, -0.2) is 23.9 Å². The molecule has 0 heterocycles. The Bertz CT molecular complexity index is 456. The number of carbonyl (C=O) groups is 1. The summed E-state index contributed by atoms with van der Waals surface area (Å²) in [7, 11) is 1.65. The molecule has 0 aliphatic heterocycles. The van der Waals surface area contributed by atoms with Crippen LogP contribution in [0.4, 0.5) is 0 Å². The summed E-state index contributed by atoms with van der Waals surface area (Å²) < 4.78 is 6.19. The standard InChI is InChI=1S/C16H21BrO2S/c1-19-14-7-8-16(17)12(10-14)9-13(18)11-20-15-5-3-2-4-6-15/h7-8,10,15H,2-6,9,11H2,1H3. The molecule has 1 fully saturated rings. The summed E-state index contributed by atoms with van der Waals surface area (Å²) in [5.74, 6) is 1.74. The molecule has 1 aliphatic carbocycles. The minimum atomic E-state index is 0.300. The second kappa shape index (κ2) is 8.08. The van der Waals surface area contributed by atoms with Crippen LogP contribution >= 0.6 is 27.7 Å². The van der Waals surface area contributed by atoms with Gasteiger partial charge in [-0.25, -0.2) is 0 Å². The molecular formula is C16H21BrO2S. The van der Waals surface area contributed by atoms with Crippen LogP contribution in [0, 0.1) is 0 Å². The molecule has 0 amide bonds. The lowest BCUT2D eigenvalue weighted by Crippen LogP contribution is -2.13. The van der Waals surface area contributed by atoms with Crippen LogP contribution in [0.5, 0.6) is 5.75 Å². The fraction of sp³-hybridized carbons (Fsp3) is 0.562. The van der Waals surface area contributed by atoms with Crippen molar-refractivity contribution in [2.24, 2.45) is 0 Å². The molecule has 1 saturated carbocycles. The van der Waals surface area contributed by atoms with E-state index in [0.717, 1.165) is 15.8 Å². The highest BCUT2D eigenvalue weighted by atomic mass is 79.9. The Morgan fingerprint density at radius 3 is 2.80 bits per heavy atom. The van der Waals surface area contributed by atoms with Gasteiger partial charge in [0, 0.05) is 16.1 Å². The van der Waals surface area contributed by atoms with E-state index in [-0.39, 0.29) is 0 Å². The quantitative estimate of drug-likeness (QED) is 0.742. The van der Waals surface area contributed by atoms with Crippen molar-refractivity contribution in [2.45, 2.75) is 43.8 Å². The summed E-state index contributed by atoms with van der Waals surface area (Å²) in [6.45, 7) is 0. The largest absolute Gasteiger partial charge is 0.497 e. The molecule has 20 heavy (non-hydrogen) atoms. The van der Waals surface area contributed by atoms with Gasteiger partial charge in [0.2, 0.25) is 0 Å². The van der Waals surface area contributed by atoms with Gasteiger partial charge in [-0.3, -0.25) is 4.79 Å². The van der Waals surface area contributed by atoms with Gasteiger partial charge in [0.25, 0.3) is 0 Å². The van der Waals surface area contributed by atoms with Crippen LogP contribution in [0.15, 0.2) is 22.7 Å². The molecule has 2 rings (SSSR count). The normalized spacial score (nSPS) is 16.1. The van der Waals surface area contributed by atoms with Crippen molar-refractivity contribution in [2.75, 3.05) is 12.9 Å². The number of ketones is 1. The predicted molar refractivity (Wildman–Crippen MR) is 88.7 cm³/mol. The SMILES string of the molecule is COc1ccc(Br)c(CC(=O)CSC2CCCCC2)c1. The maximum absolute atomic E-state index is 12.1. The summed E-state index contributed by atoms with van der Waals surface area (Å²) >= 11 is 5.35. The Kier molecular flexibility index (Phi) is 6.43. The van der Waals surface area contributed by atoms with Crippen LogP contribution < -0.4 is 4.74 Å². The highest BCUT2D eigenvalue weighted by Crippen LogP contribution is 2.29. The number of Topliss-reactive ketones (excluding diaryl/α,β-unsaturated/α-hetero) is 1. The van der Waals surface area contributed by atoms with Crippen LogP contribution in [0.2, 0.25) is 0 Å². The van der Waals surface area contributed by atoms with Crippen molar-refractivity contribution in [3.63, 3.8) is 0 Å². The van der Waals surface area contributed by atoms with E-state index in [1.54, 1.807) is 7.11 Å². The highest BCUT2D eigenvalue weighted by molar-refractivity contribution is 9.10. The lowest BCUT2D eigenvalue weighted by atomic mass is 10.0. The molecule has 1 aliphatic rings. The Morgan fingerprint density at radius 1 is 1.35 bits per heavy atom. The number of hydrogen-bond donors (Lipinski definition) is 0. The first kappa shape index (κ1) is 15.9. The second-order valence-corrected chi connectivity index (χ2v) is 7.39. The topological polar surface area (TPSA) is 26.3 Å². The van der Waals surface area contributed by atoms with E-state index >= 15 is 0 Å². The molecule has 0 N–H and O–H groups in total. The molecule has 1 aromatic rings. The lowest BCUT2D eigenvalue weighted by molar-refractivity contribution is -0.116. The number of ether oxygens (including phenoxy) is 1. The Hall–Kier alpha value is -0.480. The summed E-state index contributed by atoms with van der Waals surface area (Å²) in [5.41, 5.74) is 1.01. The number of rotatable bonds is 6. The first-order valence-electron chi connectivity index (χ1n) is 7.15. The van der Waals surface area contributed by atoms with Crippen LogP contribution in [0.1, 0.15) is 37.7 Å². The Balaban J connectivity index is 1.84. The molecule has 4 heteroatoms. The van der Waals surface area contributed by atoms with Crippen LogP contribution in [0.25, 0.3) is 0 Å². The zero-order chi connectivity index (χ0) is 14.4. The van der Waals surface area contributed by atoms with Gasteiger partial charge in [-0.1, -0.05) is 35.2 Å². The van der Waals surface area contributed by atoms with E-state index < -0.39 is 0 Å². The number of benzene rings is 1. The minimum Gasteiger partial charge on any atom is -0.497 e. The van der Waals surface area contributed by atoms with Crippen molar-refractivity contribution in [1.82, 2.24) is 0 Å². The van der Waals surface area contributed by atoms with Gasteiger partial charge < -0.3 is 4.74 Å². The average Bonchev–Trinajstić information content (AvgIpc) is 2.48. The van der Waals surface area contributed by atoms with Crippen molar-refractivity contribution < 1.29 is 9.53 Å². The smallest absolute Gasteiger partial charge is 0.147 e. The molecule has 0 atom stereocenters. The number of methoxy groups -OCH3 is 1. The fourth-order valence-corrected chi connectivity index (χ4v) is 4.10. The number of thioether (sulfide) groups is 1. The molecule has 2 nitrogen and oxygen atoms in total. The van der Waals surface area contributed by atoms with Crippen LogP contribution in [0.3, 0.4) is 0 Å². The molecule has 1 aromatic carbocycles. The molecule has 0 radical (unpaired) electrons. The van der Waals surface area contributed by atoms with Crippen LogP contribution in [-0.2, 0) is 11.2 Å². The molecular weight excluding hydrogens is 336 g/mol. The van der Waals surface area contributed by atoms with Gasteiger partial charge in [-0.05, 0) is 36.6 Å². The maximum Gasteiger partial charge on any atom is 0.147 e. The van der Waals surface area contributed by atoms with Crippen molar-refractivity contribution >= 4 is 33.5 Å². The fourth-order valence-electron chi connectivity index (χ4n) is 2.52. The molecule has 0 bridgehead atoms. The molecule has 0 saturated heterocycles. The minimum absolute atomic E-state index is 0.300. The first-order chi connectivity index (χ1) is 9.69. The summed E-state index contributed by atoms with van der Waals surface area (Å²) in [4.78, 5) is 12.1. The zero-order valence-electron chi connectivity index (χ0n) is 11.9.